The molecule has 1 amide bonds. The van der Waals surface area contributed by atoms with Crippen LogP contribution in [0, 0.1) is 0 Å². The number of nitrogens with zero attached hydrogens (tertiary/aromatic N) is 2. The number of rotatable bonds is 7. The summed E-state index contributed by atoms with van der Waals surface area (Å²) in [5.41, 5.74) is 1.46. The summed E-state index contributed by atoms with van der Waals surface area (Å²) in [5.74, 6) is -0.299. The molecule has 2 heterocycles. The Morgan fingerprint density at radius 2 is 2.00 bits per heavy atom. The lowest BCUT2D eigenvalue weighted by Crippen LogP contribution is -2.34. The molecular formula is C19H24BrN3O3S2. The summed E-state index contributed by atoms with van der Waals surface area (Å²) in [4.78, 5) is 15.0. The molecule has 6 nitrogen and oxygen atoms in total. The Labute approximate surface area is 178 Å². The van der Waals surface area contributed by atoms with Crippen LogP contribution in [0.4, 0.5) is 0 Å². The minimum absolute atomic E-state index is 0.0468. The molecule has 28 heavy (non-hydrogen) atoms. The van der Waals surface area contributed by atoms with Crippen LogP contribution in [0.25, 0.3) is 0 Å². The molecule has 9 heteroatoms. The fraction of sp³-hybridized carbons (Fsp3) is 0.421. The van der Waals surface area contributed by atoms with Gasteiger partial charge in [0.15, 0.2) is 0 Å². The van der Waals surface area contributed by atoms with E-state index in [0.717, 1.165) is 18.4 Å². The van der Waals surface area contributed by atoms with Gasteiger partial charge in [0.2, 0.25) is 10.0 Å². The number of carbonyl (C=O) groups excluding carboxylic acids is 1. The van der Waals surface area contributed by atoms with E-state index in [4.69, 9.17) is 0 Å². The second kappa shape index (κ2) is 9.04. The third kappa shape index (κ3) is 4.65. The largest absolute Gasteiger partial charge is 0.350 e. The lowest BCUT2D eigenvalue weighted by Gasteiger charge is -2.24. The molecule has 0 radical (unpaired) electrons. The summed E-state index contributed by atoms with van der Waals surface area (Å²) in [5, 5.41) is 7.02. The lowest BCUT2D eigenvalue weighted by molar-refractivity contribution is 0.0941. The maximum Gasteiger partial charge on any atom is 0.252 e. The Kier molecular flexibility index (Phi) is 6.93. The van der Waals surface area contributed by atoms with Crippen LogP contribution in [0.15, 0.2) is 44.4 Å². The minimum Gasteiger partial charge on any atom is -0.350 e. The minimum atomic E-state index is -3.57. The van der Waals surface area contributed by atoms with Gasteiger partial charge in [0, 0.05) is 24.1 Å². The number of benzene rings is 1. The summed E-state index contributed by atoms with van der Waals surface area (Å²) in [6.45, 7) is 1.49. The number of likely N-dealkylation sites (N-methyl/N-ethyl adjacent to an activating group) is 1. The number of hydrogen-bond donors (Lipinski definition) is 1. The quantitative estimate of drug-likeness (QED) is 0.652. The molecule has 2 aromatic rings. The highest BCUT2D eigenvalue weighted by Gasteiger charge is 2.28. The molecular weight excluding hydrogens is 462 g/mol. The molecule has 1 aliphatic heterocycles. The Balaban J connectivity index is 1.78. The molecule has 1 N–H and O–H groups in total. The number of sulfonamides is 1. The van der Waals surface area contributed by atoms with Crippen molar-refractivity contribution in [2.24, 2.45) is 0 Å². The van der Waals surface area contributed by atoms with Crippen LogP contribution in [0.3, 0.4) is 0 Å². The lowest BCUT2D eigenvalue weighted by atomic mass is 10.1. The Hall–Kier alpha value is -1.26. The number of amides is 1. The van der Waals surface area contributed by atoms with Gasteiger partial charge in [0.05, 0.1) is 16.5 Å². The van der Waals surface area contributed by atoms with E-state index in [9.17, 15) is 13.2 Å². The van der Waals surface area contributed by atoms with Gasteiger partial charge in [0.1, 0.15) is 0 Å². The SMILES string of the molecule is CN(C)C(CNC(=O)c1cc(S(=O)(=O)N2CCCC2)ccc1Br)c1ccsc1. The van der Waals surface area contributed by atoms with E-state index in [0.29, 0.717) is 29.7 Å². The summed E-state index contributed by atoms with van der Waals surface area (Å²) in [6, 6.07) is 6.72. The van der Waals surface area contributed by atoms with Gasteiger partial charge >= 0.3 is 0 Å². The molecule has 0 aliphatic carbocycles. The number of halogens is 1. The molecule has 152 valence electrons. The van der Waals surface area contributed by atoms with Crippen molar-refractivity contribution >= 4 is 43.2 Å². The normalized spacial score (nSPS) is 16.4. The van der Waals surface area contributed by atoms with E-state index < -0.39 is 10.0 Å². The van der Waals surface area contributed by atoms with Crippen molar-refractivity contribution in [1.29, 1.82) is 0 Å². The summed E-state index contributed by atoms with van der Waals surface area (Å²) in [6.07, 6.45) is 1.75. The van der Waals surface area contributed by atoms with Crippen molar-refractivity contribution < 1.29 is 13.2 Å². The Bertz CT molecular complexity index is 924. The van der Waals surface area contributed by atoms with Gasteiger partial charge in [-0.15, -0.1) is 0 Å². The molecule has 1 aromatic carbocycles. The smallest absolute Gasteiger partial charge is 0.252 e. The average molecular weight is 486 g/mol. The first kappa shape index (κ1) is 21.4. The second-order valence-corrected chi connectivity index (χ2v) is 10.6. The van der Waals surface area contributed by atoms with Crippen LogP contribution in [-0.2, 0) is 10.0 Å². The van der Waals surface area contributed by atoms with Gasteiger partial charge in [-0.2, -0.15) is 15.6 Å². The van der Waals surface area contributed by atoms with Crippen molar-refractivity contribution in [1.82, 2.24) is 14.5 Å². The van der Waals surface area contributed by atoms with Crippen LogP contribution in [0.5, 0.6) is 0 Å². The maximum atomic E-state index is 12.8. The van der Waals surface area contributed by atoms with E-state index in [1.165, 1.54) is 10.4 Å². The standard InChI is InChI=1S/C19H24BrN3O3S2/c1-22(2)18(14-7-10-27-13-14)12-21-19(24)16-11-15(5-6-17(16)20)28(25,26)23-8-3-4-9-23/h5-7,10-11,13,18H,3-4,8-9,12H2,1-2H3,(H,21,24). The highest BCUT2D eigenvalue weighted by atomic mass is 79.9. The van der Waals surface area contributed by atoms with Crippen LogP contribution in [0.1, 0.15) is 34.8 Å². The first-order valence-corrected chi connectivity index (χ1v) is 12.2. The predicted molar refractivity (Wildman–Crippen MR) is 115 cm³/mol. The summed E-state index contributed by atoms with van der Waals surface area (Å²) in [7, 11) is 0.366. The molecule has 1 aromatic heterocycles. The fourth-order valence-corrected chi connectivity index (χ4v) is 5.94. The number of nitrogens with one attached hydrogen (secondary N) is 1. The number of carbonyl (C=O) groups is 1. The van der Waals surface area contributed by atoms with Gasteiger partial charge in [-0.05, 0) is 83.5 Å². The molecule has 0 saturated carbocycles. The van der Waals surface area contributed by atoms with E-state index in [-0.39, 0.29) is 16.8 Å². The first-order chi connectivity index (χ1) is 13.3. The third-order valence-corrected chi connectivity index (χ3v) is 8.18. The van der Waals surface area contributed by atoms with E-state index in [1.54, 1.807) is 23.5 Å². The van der Waals surface area contributed by atoms with Crippen molar-refractivity contribution in [3.8, 4) is 0 Å². The van der Waals surface area contributed by atoms with Crippen molar-refractivity contribution in [3.63, 3.8) is 0 Å². The van der Waals surface area contributed by atoms with Gasteiger partial charge in [-0.3, -0.25) is 4.79 Å². The molecule has 1 fully saturated rings. The van der Waals surface area contributed by atoms with Crippen LogP contribution < -0.4 is 5.32 Å². The number of hydrogen-bond acceptors (Lipinski definition) is 5. The van der Waals surface area contributed by atoms with E-state index >= 15 is 0 Å². The van der Waals surface area contributed by atoms with Gasteiger partial charge in [-0.1, -0.05) is 0 Å². The molecule has 3 rings (SSSR count). The molecule has 1 atom stereocenters. The van der Waals surface area contributed by atoms with Crippen molar-refractivity contribution in [3.05, 3.63) is 50.6 Å². The topological polar surface area (TPSA) is 69.7 Å². The zero-order valence-electron chi connectivity index (χ0n) is 15.9. The average Bonchev–Trinajstić information content (AvgIpc) is 3.36. The summed E-state index contributed by atoms with van der Waals surface area (Å²) < 4.78 is 27.7. The van der Waals surface area contributed by atoms with E-state index in [1.807, 2.05) is 30.4 Å². The Morgan fingerprint density at radius 3 is 2.61 bits per heavy atom. The van der Waals surface area contributed by atoms with Gasteiger partial charge < -0.3 is 10.2 Å². The van der Waals surface area contributed by atoms with Crippen LogP contribution in [0.2, 0.25) is 0 Å². The zero-order chi connectivity index (χ0) is 20.3. The van der Waals surface area contributed by atoms with Crippen LogP contribution in [-0.4, -0.2) is 57.3 Å². The molecule has 1 aliphatic rings. The van der Waals surface area contributed by atoms with Crippen molar-refractivity contribution in [2.45, 2.75) is 23.8 Å². The third-order valence-electron chi connectivity index (χ3n) is 4.89. The van der Waals surface area contributed by atoms with Gasteiger partial charge in [0.25, 0.3) is 5.91 Å². The molecule has 0 spiro atoms. The molecule has 0 bridgehead atoms. The first-order valence-electron chi connectivity index (χ1n) is 9.07. The predicted octanol–water partition coefficient (Wildman–Crippen LogP) is 3.33. The van der Waals surface area contributed by atoms with Crippen molar-refractivity contribution in [2.75, 3.05) is 33.7 Å². The fourth-order valence-electron chi connectivity index (χ4n) is 3.26. The maximum absolute atomic E-state index is 12.8. The highest BCUT2D eigenvalue weighted by Crippen LogP contribution is 2.26. The Morgan fingerprint density at radius 1 is 1.29 bits per heavy atom. The summed E-state index contributed by atoms with van der Waals surface area (Å²) >= 11 is 4.99. The highest BCUT2D eigenvalue weighted by molar-refractivity contribution is 9.10. The monoisotopic (exact) mass is 485 g/mol. The molecule has 1 unspecified atom stereocenters. The number of thiophene rings is 1. The second-order valence-electron chi connectivity index (χ2n) is 7.00. The van der Waals surface area contributed by atoms with E-state index in [2.05, 4.69) is 26.6 Å². The van der Waals surface area contributed by atoms with Gasteiger partial charge in [-0.25, -0.2) is 8.42 Å². The zero-order valence-corrected chi connectivity index (χ0v) is 19.1. The van der Waals surface area contributed by atoms with Crippen LogP contribution >= 0.6 is 27.3 Å². The molecule has 1 saturated heterocycles.